The Labute approximate surface area is 144 Å². The summed E-state index contributed by atoms with van der Waals surface area (Å²) >= 11 is 9.24. The van der Waals surface area contributed by atoms with Crippen molar-refractivity contribution >= 4 is 50.9 Å². The number of carbonyl (C=O) groups excluding carboxylic acids is 2. The third-order valence-corrected chi connectivity index (χ3v) is 4.21. The normalized spacial score (nSPS) is 10.7. The van der Waals surface area contributed by atoms with E-state index in [-0.39, 0.29) is 11.6 Å². The summed E-state index contributed by atoms with van der Waals surface area (Å²) < 4.78 is 2.32. The van der Waals surface area contributed by atoms with Crippen molar-refractivity contribution in [2.45, 2.75) is 0 Å². The molecule has 1 amide bonds. The fourth-order valence-electron chi connectivity index (χ4n) is 2.18. The summed E-state index contributed by atoms with van der Waals surface area (Å²) in [5.41, 5.74) is 1.76. The minimum Gasteiger partial charge on any atom is -0.309 e. The lowest BCUT2D eigenvalue weighted by atomic mass is 10.1. The van der Waals surface area contributed by atoms with Crippen molar-refractivity contribution in [1.82, 2.24) is 14.6 Å². The maximum Gasteiger partial charge on any atom is 0.276 e. The summed E-state index contributed by atoms with van der Waals surface area (Å²) in [5.74, 6) is -0.342. The zero-order valence-corrected chi connectivity index (χ0v) is 14.2. The van der Waals surface area contributed by atoms with Crippen molar-refractivity contribution in [3.8, 4) is 0 Å². The molecule has 8 heteroatoms. The number of aldehydes is 1. The van der Waals surface area contributed by atoms with Gasteiger partial charge in [0.25, 0.3) is 5.91 Å². The van der Waals surface area contributed by atoms with Gasteiger partial charge >= 0.3 is 0 Å². The van der Waals surface area contributed by atoms with Gasteiger partial charge in [-0.25, -0.2) is 9.50 Å². The summed E-state index contributed by atoms with van der Waals surface area (Å²) in [6, 6.07) is 6.39. The molecule has 0 aliphatic rings. The number of hydrogen-bond donors (Lipinski definition) is 0. The van der Waals surface area contributed by atoms with Gasteiger partial charge in [-0.3, -0.25) is 9.59 Å². The van der Waals surface area contributed by atoms with Gasteiger partial charge in [0.1, 0.15) is 12.0 Å². The van der Waals surface area contributed by atoms with Crippen LogP contribution in [0.2, 0.25) is 5.02 Å². The molecular weight excluding hydrogens is 384 g/mol. The van der Waals surface area contributed by atoms with E-state index in [9.17, 15) is 9.59 Å². The number of aromatic nitrogens is 3. The second-order valence-electron chi connectivity index (χ2n) is 4.78. The molecule has 116 valence electrons. The summed E-state index contributed by atoms with van der Waals surface area (Å²) in [7, 11) is 1.58. The molecule has 0 saturated heterocycles. The first kappa shape index (κ1) is 15.6. The molecular formula is C15H10BrClN4O2. The topological polar surface area (TPSA) is 67.6 Å². The van der Waals surface area contributed by atoms with Crippen LogP contribution >= 0.6 is 27.5 Å². The van der Waals surface area contributed by atoms with E-state index in [4.69, 9.17) is 11.6 Å². The highest BCUT2D eigenvalue weighted by atomic mass is 79.9. The van der Waals surface area contributed by atoms with Gasteiger partial charge in [0, 0.05) is 17.6 Å². The zero-order valence-electron chi connectivity index (χ0n) is 11.9. The number of carbonyl (C=O) groups is 2. The standard InChI is InChI=1S/C15H10BrClN4O2/c1-20(13-3-2-10(17)4-9(13)7-22)15(23)12-5-14-11(16)6-19-21(14)8-18-12/h2-8H,1H3. The van der Waals surface area contributed by atoms with Crippen LogP contribution in [0, 0.1) is 0 Å². The first-order valence-electron chi connectivity index (χ1n) is 6.53. The van der Waals surface area contributed by atoms with Crippen molar-refractivity contribution < 1.29 is 9.59 Å². The zero-order chi connectivity index (χ0) is 16.6. The highest BCUT2D eigenvalue weighted by Gasteiger charge is 2.19. The molecule has 0 bridgehead atoms. The molecule has 3 rings (SSSR count). The van der Waals surface area contributed by atoms with Crippen LogP contribution in [-0.4, -0.2) is 33.8 Å². The van der Waals surface area contributed by atoms with Gasteiger partial charge in [-0.15, -0.1) is 0 Å². The van der Waals surface area contributed by atoms with Crippen LogP contribution in [0.3, 0.4) is 0 Å². The fraction of sp³-hybridized carbons (Fsp3) is 0.0667. The predicted octanol–water partition coefficient (Wildman–Crippen LogP) is 3.23. The Morgan fingerprint density at radius 1 is 1.39 bits per heavy atom. The third-order valence-electron chi connectivity index (χ3n) is 3.37. The summed E-state index contributed by atoms with van der Waals surface area (Å²) in [6.45, 7) is 0. The molecule has 0 atom stereocenters. The van der Waals surface area contributed by atoms with Crippen LogP contribution in [0.1, 0.15) is 20.8 Å². The summed E-state index contributed by atoms with van der Waals surface area (Å²) in [4.78, 5) is 29.3. The quantitative estimate of drug-likeness (QED) is 0.641. The average molecular weight is 394 g/mol. The van der Waals surface area contributed by atoms with E-state index >= 15 is 0 Å². The van der Waals surface area contributed by atoms with Gasteiger partial charge in [-0.2, -0.15) is 5.10 Å². The van der Waals surface area contributed by atoms with Crippen LogP contribution in [-0.2, 0) is 0 Å². The number of halogens is 2. The molecule has 1 aromatic carbocycles. The van der Waals surface area contributed by atoms with E-state index in [1.807, 2.05) is 0 Å². The van der Waals surface area contributed by atoms with Gasteiger partial charge in [-0.05, 0) is 40.2 Å². The Hall–Kier alpha value is -2.25. The maximum atomic E-state index is 12.6. The molecule has 0 radical (unpaired) electrons. The highest BCUT2D eigenvalue weighted by molar-refractivity contribution is 9.10. The lowest BCUT2D eigenvalue weighted by Gasteiger charge is -2.18. The minimum absolute atomic E-state index is 0.244. The van der Waals surface area contributed by atoms with E-state index in [1.54, 1.807) is 36.0 Å². The Kier molecular flexibility index (Phi) is 4.14. The smallest absolute Gasteiger partial charge is 0.276 e. The summed E-state index contributed by atoms with van der Waals surface area (Å²) in [6.07, 6.45) is 3.75. The van der Waals surface area contributed by atoms with E-state index in [0.29, 0.717) is 22.6 Å². The van der Waals surface area contributed by atoms with E-state index in [0.717, 1.165) is 9.99 Å². The molecule has 23 heavy (non-hydrogen) atoms. The van der Waals surface area contributed by atoms with Gasteiger partial charge in [0.2, 0.25) is 0 Å². The first-order chi connectivity index (χ1) is 11.0. The Morgan fingerprint density at radius 3 is 2.91 bits per heavy atom. The molecule has 0 fully saturated rings. The molecule has 0 spiro atoms. The number of fused-ring (bicyclic) bond motifs is 1. The number of nitrogens with zero attached hydrogens (tertiary/aromatic N) is 4. The Balaban J connectivity index is 2.01. The van der Waals surface area contributed by atoms with Gasteiger partial charge in [0.05, 0.1) is 21.9 Å². The van der Waals surface area contributed by atoms with Gasteiger partial charge < -0.3 is 4.90 Å². The molecule has 0 N–H and O–H groups in total. The molecule has 0 aliphatic heterocycles. The second-order valence-corrected chi connectivity index (χ2v) is 6.07. The first-order valence-corrected chi connectivity index (χ1v) is 7.70. The van der Waals surface area contributed by atoms with Crippen LogP contribution in [0.4, 0.5) is 5.69 Å². The SMILES string of the molecule is CN(C(=O)c1cc2c(Br)cnn2cn1)c1ccc(Cl)cc1C=O. The molecule has 6 nitrogen and oxygen atoms in total. The minimum atomic E-state index is -0.342. The fourth-order valence-corrected chi connectivity index (χ4v) is 2.75. The molecule has 0 saturated carbocycles. The number of hydrogen-bond acceptors (Lipinski definition) is 4. The Morgan fingerprint density at radius 2 is 2.17 bits per heavy atom. The number of benzene rings is 1. The highest BCUT2D eigenvalue weighted by Crippen LogP contribution is 2.24. The molecule has 3 aromatic rings. The number of anilines is 1. The summed E-state index contributed by atoms with van der Waals surface area (Å²) in [5, 5.41) is 4.51. The van der Waals surface area contributed by atoms with Crippen LogP contribution in [0.5, 0.6) is 0 Å². The van der Waals surface area contributed by atoms with E-state index in [2.05, 4.69) is 26.0 Å². The van der Waals surface area contributed by atoms with E-state index < -0.39 is 0 Å². The molecule has 0 aliphatic carbocycles. The van der Waals surface area contributed by atoms with E-state index in [1.165, 1.54) is 17.3 Å². The lowest BCUT2D eigenvalue weighted by molar-refractivity contribution is 0.0988. The third kappa shape index (κ3) is 2.85. The number of amides is 1. The van der Waals surface area contributed by atoms with Gasteiger partial charge in [0.15, 0.2) is 6.29 Å². The van der Waals surface area contributed by atoms with Crippen molar-refractivity contribution in [2.24, 2.45) is 0 Å². The lowest BCUT2D eigenvalue weighted by Crippen LogP contribution is -2.28. The maximum absolute atomic E-state index is 12.6. The van der Waals surface area contributed by atoms with Crippen LogP contribution in [0.25, 0.3) is 5.52 Å². The average Bonchev–Trinajstić information content (AvgIpc) is 2.94. The van der Waals surface area contributed by atoms with Crippen molar-refractivity contribution in [1.29, 1.82) is 0 Å². The number of rotatable bonds is 3. The second kappa shape index (κ2) is 6.10. The van der Waals surface area contributed by atoms with Crippen LogP contribution in [0.15, 0.2) is 41.3 Å². The molecule has 0 unspecified atom stereocenters. The Bertz CT molecular complexity index is 925. The van der Waals surface area contributed by atoms with Gasteiger partial charge in [-0.1, -0.05) is 11.6 Å². The van der Waals surface area contributed by atoms with Crippen molar-refractivity contribution in [3.63, 3.8) is 0 Å². The van der Waals surface area contributed by atoms with Crippen molar-refractivity contribution in [2.75, 3.05) is 11.9 Å². The molecule has 2 aromatic heterocycles. The molecule has 2 heterocycles. The monoisotopic (exact) mass is 392 g/mol. The van der Waals surface area contributed by atoms with Crippen LogP contribution < -0.4 is 4.90 Å². The van der Waals surface area contributed by atoms with Crippen molar-refractivity contribution in [3.05, 3.63) is 57.5 Å². The largest absolute Gasteiger partial charge is 0.309 e. The predicted molar refractivity (Wildman–Crippen MR) is 90.3 cm³/mol.